The Morgan fingerprint density at radius 1 is 1.36 bits per heavy atom. The van der Waals surface area contributed by atoms with Gasteiger partial charge in [0.15, 0.2) is 0 Å². The summed E-state index contributed by atoms with van der Waals surface area (Å²) in [5.74, 6) is 3.42. The normalized spacial score (nSPS) is 25.9. The molecule has 0 heterocycles. The molecule has 2 unspecified atom stereocenters. The number of nitrogens with one attached hydrogen (secondary N) is 2. The lowest BCUT2D eigenvalue weighted by Crippen LogP contribution is -2.46. The Labute approximate surface area is 87.1 Å². The molecule has 6 heteroatoms. The predicted molar refractivity (Wildman–Crippen MR) is 55.4 cm³/mol. The van der Waals surface area contributed by atoms with Gasteiger partial charge in [0.1, 0.15) is 0 Å². The van der Waals surface area contributed by atoms with Crippen molar-refractivity contribution in [3.05, 3.63) is 0 Å². The number of hydrazine groups is 1. The second-order valence-corrected chi connectivity index (χ2v) is 4.45. The lowest BCUT2D eigenvalue weighted by atomic mass is 10.2. The maximum absolute atomic E-state index is 11.1. The molecule has 1 saturated carbocycles. The molecule has 1 fully saturated rings. The third-order valence-corrected chi connectivity index (χ3v) is 3.49. The van der Waals surface area contributed by atoms with Gasteiger partial charge in [-0.2, -0.15) is 11.8 Å². The average molecular weight is 217 g/mol. The highest BCUT2D eigenvalue weighted by Gasteiger charge is 2.26. The Hall–Kier alpha value is -0.750. The fourth-order valence-electron chi connectivity index (χ4n) is 1.60. The highest BCUT2D eigenvalue weighted by molar-refractivity contribution is 7.99. The molecule has 0 aromatic carbocycles. The summed E-state index contributed by atoms with van der Waals surface area (Å²) >= 11 is 1.80. The molecular weight excluding hydrogens is 202 g/mol. The van der Waals surface area contributed by atoms with Crippen molar-refractivity contribution in [2.45, 2.75) is 30.6 Å². The molecule has 0 aliphatic heterocycles. The van der Waals surface area contributed by atoms with Gasteiger partial charge in [-0.3, -0.25) is 15.0 Å². The molecule has 0 aromatic rings. The minimum atomic E-state index is -0.780. The van der Waals surface area contributed by atoms with E-state index < -0.39 is 11.8 Å². The molecule has 2 amide bonds. The van der Waals surface area contributed by atoms with Crippen LogP contribution in [0.15, 0.2) is 0 Å². The van der Waals surface area contributed by atoms with E-state index >= 15 is 0 Å². The van der Waals surface area contributed by atoms with Crippen LogP contribution in [0.5, 0.6) is 0 Å². The summed E-state index contributed by atoms with van der Waals surface area (Å²) in [4.78, 5) is 21.9. The van der Waals surface area contributed by atoms with Crippen LogP contribution in [0, 0.1) is 0 Å². The molecule has 4 N–H and O–H groups in total. The molecular formula is C8H15N3O2S. The van der Waals surface area contributed by atoms with Crippen LogP contribution in [0.3, 0.4) is 0 Å². The number of carbonyl (C=O) groups excluding carboxylic acids is 2. The van der Waals surface area contributed by atoms with Crippen molar-refractivity contribution < 1.29 is 9.59 Å². The van der Waals surface area contributed by atoms with Crippen molar-refractivity contribution in [1.82, 2.24) is 10.7 Å². The SMILES string of the molecule is CSC1CCC(NC(=O)C(=O)NN)C1. The fraction of sp³-hybridized carbons (Fsp3) is 0.750. The van der Waals surface area contributed by atoms with Gasteiger partial charge in [-0.15, -0.1) is 0 Å². The van der Waals surface area contributed by atoms with E-state index in [1.54, 1.807) is 11.8 Å². The van der Waals surface area contributed by atoms with Crippen molar-refractivity contribution >= 4 is 23.6 Å². The minimum absolute atomic E-state index is 0.122. The van der Waals surface area contributed by atoms with Crippen LogP contribution in [0.2, 0.25) is 0 Å². The van der Waals surface area contributed by atoms with Gasteiger partial charge >= 0.3 is 11.8 Å². The monoisotopic (exact) mass is 217 g/mol. The Kier molecular flexibility index (Phi) is 4.21. The first-order valence-electron chi connectivity index (χ1n) is 4.51. The molecule has 1 aliphatic rings. The zero-order valence-corrected chi connectivity index (χ0v) is 8.89. The van der Waals surface area contributed by atoms with E-state index in [0.717, 1.165) is 19.3 Å². The van der Waals surface area contributed by atoms with E-state index in [2.05, 4.69) is 11.6 Å². The van der Waals surface area contributed by atoms with E-state index in [1.807, 2.05) is 5.43 Å². The lowest BCUT2D eigenvalue weighted by Gasteiger charge is -2.11. The standard InChI is InChI=1S/C8H15N3O2S/c1-14-6-3-2-5(4-6)10-7(12)8(13)11-9/h5-6H,2-4,9H2,1H3,(H,10,12)(H,11,13). The van der Waals surface area contributed by atoms with Crippen LogP contribution in [0.4, 0.5) is 0 Å². The summed E-state index contributed by atoms with van der Waals surface area (Å²) in [6.07, 6.45) is 5.03. The lowest BCUT2D eigenvalue weighted by molar-refractivity contribution is -0.139. The van der Waals surface area contributed by atoms with Gasteiger partial charge in [0.2, 0.25) is 0 Å². The Morgan fingerprint density at radius 3 is 2.57 bits per heavy atom. The van der Waals surface area contributed by atoms with Gasteiger partial charge in [0.05, 0.1) is 0 Å². The second kappa shape index (κ2) is 5.21. The van der Waals surface area contributed by atoms with Gasteiger partial charge in [-0.25, -0.2) is 5.84 Å². The first kappa shape index (κ1) is 11.3. The van der Waals surface area contributed by atoms with Gasteiger partial charge in [0.25, 0.3) is 0 Å². The molecule has 80 valence electrons. The van der Waals surface area contributed by atoms with E-state index in [4.69, 9.17) is 5.84 Å². The molecule has 14 heavy (non-hydrogen) atoms. The molecule has 0 saturated heterocycles. The van der Waals surface area contributed by atoms with Crippen molar-refractivity contribution in [3.63, 3.8) is 0 Å². The summed E-state index contributed by atoms with van der Waals surface area (Å²) in [5, 5.41) is 3.25. The molecule has 0 spiro atoms. The van der Waals surface area contributed by atoms with E-state index in [9.17, 15) is 9.59 Å². The summed E-state index contributed by atoms with van der Waals surface area (Å²) in [5.41, 5.74) is 1.81. The molecule has 1 rings (SSSR count). The minimum Gasteiger partial charge on any atom is -0.345 e. The highest BCUT2D eigenvalue weighted by atomic mass is 32.2. The van der Waals surface area contributed by atoms with Crippen LogP contribution >= 0.6 is 11.8 Å². The maximum atomic E-state index is 11.1. The highest BCUT2D eigenvalue weighted by Crippen LogP contribution is 2.27. The van der Waals surface area contributed by atoms with E-state index in [-0.39, 0.29) is 6.04 Å². The van der Waals surface area contributed by atoms with Crippen LogP contribution in [-0.4, -0.2) is 29.4 Å². The van der Waals surface area contributed by atoms with Crippen LogP contribution in [-0.2, 0) is 9.59 Å². The maximum Gasteiger partial charge on any atom is 0.323 e. The van der Waals surface area contributed by atoms with Crippen LogP contribution in [0.1, 0.15) is 19.3 Å². The quantitative estimate of drug-likeness (QED) is 0.249. The largest absolute Gasteiger partial charge is 0.345 e. The summed E-state index contributed by atoms with van der Waals surface area (Å²) in [7, 11) is 0. The first-order valence-corrected chi connectivity index (χ1v) is 5.80. The van der Waals surface area contributed by atoms with Crippen molar-refractivity contribution in [2.75, 3.05) is 6.26 Å². The Balaban J connectivity index is 2.32. The van der Waals surface area contributed by atoms with Crippen molar-refractivity contribution in [3.8, 4) is 0 Å². The Bertz CT molecular complexity index is 235. The van der Waals surface area contributed by atoms with E-state index in [0.29, 0.717) is 5.25 Å². The second-order valence-electron chi connectivity index (χ2n) is 3.31. The number of nitrogens with two attached hydrogens (primary N) is 1. The fourth-order valence-corrected chi connectivity index (χ4v) is 2.40. The molecule has 5 nitrogen and oxygen atoms in total. The summed E-state index contributed by atoms with van der Waals surface area (Å²) < 4.78 is 0. The smallest absolute Gasteiger partial charge is 0.323 e. The van der Waals surface area contributed by atoms with Gasteiger partial charge in [-0.05, 0) is 25.5 Å². The molecule has 2 atom stereocenters. The molecule has 0 aromatic heterocycles. The topological polar surface area (TPSA) is 84.2 Å². The average Bonchev–Trinajstić information content (AvgIpc) is 2.64. The van der Waals surface area contributed by atoms with Crippen molar-refractivity contribution in [2.24, 2.45) is 5.84 Å². The predicted octanol–water partition coefficient (Wildman–Crippen LogP) is -0.623. The van der Waals surface area contributed by atoms with Crippen molar-refractivity contribution in [1.29, 1.82) is 0 Å². The third-order valence-electron chi connectivity index (χ3n) is 2.39. The number of carbonyl (C=O) groups is 2. The van der Waals surface area contributed by atoms with Gasteiger partial charge in [0, 0.05) is 11.3 Å². The summed E-state index contributed by atoms with van der Waals surface area (Å²) in [6.45, 7) is 0. The number of hydrogen-bond acceptors (Lipinski definition) is 4. The zero-order valence-electron chi connectivity index (χ0n) is 8.08. The molecule has 1 aliphatic carbocycles. The van der Waals surface area contributed by atoms with Crippen LogP contribution < -0.4 is 16.6 Å². The van der Waals surface area contributed by atoms with Gasteiger partial charge < -0.3 is 5.32 Å². The summed E-state index contributed by atoms with van der Waals surface area (Å²) in [6, 6.07) is 0.122. The van der Waals surface area contributed by atoms with E-state index in [1.165, 1.54) is 0 Å². The Morgan fingerprint density at radius 2 is 2.07 bits per heavy atom. The number of amides is 2. The first-order chi connectivity index (χ1) is 6.67. The molecule has 0 radical (unpaired) electrons. The van der Waals surface area contributed by atoms with Gasteiger partial charge in [-0.1, -0.05) is 0 Å². The third kappa shape index (κ3) is 2.88. The number of hydrogen-bond donors (Lipinski definition) is 3. The zero-order chi connectivity index (χ0) is 10.6. The number of thioether (sulfide) groups is 1. The van der Waals surface area contributed by atoms with Crippen LogP contribution in [0.25, 0.3) is 0 Å². The molecule has 0 bridgehead atoms. The number of rotatable bonds is 2.